The zero-order valence-electron chi connectivity index (χ0n) is 15.6. The third-order valence-electron chi connectivity index (χ3n) is 5.40. The SMILES string of the molecule is CC1CCN(C(=O)c2ccc3c(c2)N(Cc2ccccc2)C(=O)CO3)CC1. The largest absolute Gasteiger partial charge is 0.482 e. The first kappa shape index (κ1) is 17.6. The first-order chi connectivity index (χ1) is 13.1. The molecule has 2 aromatic carbocycles. The zero-order chi connectivity index (χ0) is 18.8. The van der Waals surface area contributed by atoms with Crippen molar-refractivity contribution < 1.29 is 14.3 Å². The molecule has 2 heterocycles. The fraction of sp³-hybridized carbons (Fsp3) is 0.364. The monoisotopic (exact) mass is 364 g/mol. The Morgan fingerprint density at radius 2 is 1.85 bits per heavy atom. The molecule has 4 rings (SSSR count). The fourth-order valence-corrected chi connectivity index (χ4v) is 3.67. The van der Waals surface area contributed by atoms with Crippen LogP contribution in [0.3, 0.4) is 0 Å². The van der Waals surface area contributed by atoms with Crippen molar-refractivity contribution >= 4 is 17.5 Å². The molecule has 140 valence electrons. The van der Waals surface area contributed by atoms with Gasteiger partial charge in [0, 0.05) is 18.7 Å². The van der Waals surface area contributed by atoms with Gasteiger partial charge in [-0.3, -0.25) is 9.59 Å². The smallest absolute Gasteiger partial charge is 0.265 e. The van der Waals surface area contributed by atoms with Crippen LogP contribution in [-0.4, -0.2) is 36.4 Å². The first-order valence-corrected chi connectivity index (χ1v) is 9.52. The summed E-state index contributed by atoms with van der Waals surface area (Å²) < 4.78 is 5.58. The van der Waals surface area contributed by atoms with Gasteiger partial charge >= 0.3 is 0 Å². The number of amides is 2. The Labute approximate surface area is 159 Å². The van der Waals surface area contributed by atoms with Gasteiger partial charge in [-0.05, 0) is 42.5 Å². The zero-order valence-corrected chi connectivity index (χ0v) is 15.6. The predicted molar refractivity (Wildman–Crippen MR) is 104 cm³/mol. The minimum absolute atomic E-state index is 0.0249. The minimum atomic E-state index is -0.0947. The number of carbonyl (C=O) groups excluding carboxylic acids is 2. The molecule has 0 bridgehead atoms. The lowest BCUT2D eigenvalue weighted by molar-refractivity contribution is -0.121. The number of likely N-dealkylation sites (tertiary alicyclic amines) is 1. The van der Waals surface area contributed by atoms with E-state index in [2.05, 4.69) is 6.92 Å². The summed E-state index contributed by atoms with van der Waals surface area (Å²) in [4.78, 5) is 29.0. The molecule has 2 aliphatic rings. The molecule has 0 spiro atoms. The second-order valence-electron chi connectivity index (χ2n) is 7.41. The van der Waals surface area contributed by atoms with Crippen molar-refractivity contribution in [2.45, 2.75) is 26.3 Å². The van der Waals surface area contributed by atoms with Gasteiger partial charge in [-0.15, -0.1) is 0 Å². The summed E-state index contributed by atoms with van der Waals surface area (Å²) in [5, 5.41) is 0. The lowest BCUT2D eigenvalue weighted by Crippen LogP contribution is -2.39. The molecule has 0 unspecified atom stereocenters. The molecule has 5 nitrogen and oxygen atoms in total. The van der Waals surface area contributed by atoms with Crippen molar-refractivity contribution in [2.24, 2.45) is 5.92 Å². The number of anilines is 1. The second kappa shape index (κ2) is 7.43. The van der Waals surface area contributed by atoms with Crippen LogP contribution in [0.2, 0.25) is 0 Å². The van der Waals surface area contributed by atoms with Crippen molar-refractivity contribution in [3.63, 3.8) is 0 Å². The minimum Gasteiger partial charge on any atom is -0.482 e. The molecular formula is C22H24N2O3. The molecular weight excluding hydrogens is 340 g/mol. The van der Waals surface area contributed by atoms with Crippen LogP contribution in [-0.2, 0) is 11.3 Å². The maximum absolute atomic E-state index is 12.9. The lowest BCUT2D eigenvalue weighted by atomic mass is 9.98. The molecule has 2 aliphatic heterocycles. The van der Waals surface area contributed by atoms with Crippen LogP contribution in [0.25, 0.3) is 0 Å². The molecule has 0 aliphatic carbocycles. The van der Waals surface area contributed by atoms with Crippen molar-refractivity contribution in [3.8, 4) is 5.75 Å². The van der Waals surface area contributed by atoms with Gasteiger partial charge in [0.1, 0.15) is 5.75 Å². The van der Waals surface area contributed by atoms with Crippen LogP contribution in [0.4, 0.5) is 5.69 Å². The molecule has 0 radical (unpaired) electrons. The number of fused-ring (bicyclic) bond motifs is 1. The highest BCUT2D eigenvalue weighted by atomic mass is 16.5. The highest BCUT2D eigenvalue weighted by molar-refractivity contribution is 6.01. The summed E-state index contributed by atoms with van der Waals surface area (Å²) in [6.45, 7) is 4.30. The second-order valence-corrected chi connectivity index (χ2v) is 7.41. The Morgan fingerprint density at radius 3 is 2.59 bits per heavy atom. The predicted octanol–water partition coefficient (Wildman–Crippen LogP) is 3.48. The van der Waals surface area contributed by atoms with Crippen LogP contribution in [0.15, 0.2) is 48.5 Å². The van der Waals surface area contributed by atoms with E-state index in [-0.39, 0.29) is 18.4 Å². The van der Waals surface area contributed by atoms with Gasteiger partial charge in [-0.25, -0.2) is 0 Å². The molecule has 27 heavy (non-hydrogen) atoms. The Bertz CT molecular complexity index is 842. The molecule has 1 fully saturated rings. The van der Waals surface area contributed by atoms with E-state index < -0.39 is 0 Å². The summed E-state index contributed by atoms with van der Waals surface area (Å²) in [7, 11) is 0. The van der Waals surface area contributed by atoms with Crippen LogP contribution >= 0.6 is 0 Å². The molecule has 0 N–H and O–H groups in total. The number of hydrogen-bond acceptors (Lipinski definition) is 3. The molecule has 2 aromatic rings. The number of ether oxygens (including phenoxy) is 1. The average molecular weight is 364 g/mol. The normalized spacial score (nSPS) is 17.4. The summed E-state index contributed by atoms with van der Waals surface area (Å²) in [6, 6.07) is 15.3. The van der Waals surface area contributed by atoms with E-state index in [1.807, 2.05) is 35.2 Å². The average Bonchev–Trinajstić information content (AvgIpc) is 2.71. The quantitative estimate of drug-likeness (QED) is 0.838. The topological polar surface area (TPSA) is 49.9 Å². The van der Waals surface area contributed by atoms with Crippen LogP contribution in [0.5, 0.6) is 5.75 Å². The number of nitrogens with zero attached hydrogens (tertiary/aromatic N) is 2. The number of rotatable bonds is 3. The fourth-order valence-electron chi connectivity index (χ4n) is 3.67. The van der Waals surface area contributed by atoms with E-state index in [1.165, 1.54) is 0 Å². The van der Waals surface area contributed by atoms with Crippen molar-refractivity contribution in [1.29, 1.82) is 0 Å². The maximum atomic E-state index is 12.9. The molecule has 1 saturated heterocycles. The van der Waals surface area contributed by atoms with E-state index in [9.17, 15) is 9.59 Å². The number of carbonyl (C=O) groups is 2. The Kier molecular flexibility index (Phi) is 4.84. The van der Waals surface area contributed by atoms with E-state index in [0.717, 1.165) is 31.5 Å². The third kappa shape index (κ3) is 3.68. The lowest BCUT2D eigenvalue weighted by Gasteiger charge is -2.32. The maximum Gasteiger partial charge on any atom is 0.265 e. The standard InChI is InChI=1S/C22H24N2O3/c1-16-9-11-23(12-10-16)22(26)18-7-8-20-19(13-18)24(21(25)15-27-20)14-17-5-3-2-4-6-17/h2-8,13,16H,9-12,14-15H2,1H3. The Hall–Kier alpha value is -2.82. The number of hydrogen-bond donors (Lipinski definition) is 0. The Balaban J connectivity index is 1.60. The van der Waals surface area contributed by atoms with Crippen molar-refractivity contribution in [3.05, 3.63) is 59.7 Å². The molecule has 2 amide bonds. The van der Waals surface area contributed by atoms with E-state index in [4.69, 9.17) is 4.74 Å². The summed E-state index contributed by atoms with van der Waals surface area (Å²) >= 11 is 0. The molecule has 0 atom stereocenters. The van der Waals surface area contributed by atoms with Crippen LogP contribution in [0.1, 0.15) is 35.7 Å². The molecule has 5 heteroatoms. The van der Waals surface area contributed by atoms with Crippen LogP contribution in [0, 0.1) is 5.92 Å². The van der Waals surface area contributed by atoms with Gasteiger partial charge in [0.25, 0.3) is 11.8 Å². The van der Waals surface area contributed by atoms with Crippen LogP contribution < -0.4 is 9.64 Å². The van der Waals surface area contributed by atoms with Gasteiger partial charge in [-0.1, -0.05) is 37.3 Å². The first-order valence-electron chi connectivity index (χ1n) is 9.52. The van der Waals surface area contributed by atoms with Crippen molar-refractivity contribution in [2.75, 3.05) is 24.6 Å². The van der Waals surface area contributed by atoms with E-state index >= 15 is 0 Å². The highest BCUT2D eigenvalue weighted by Gasteiger charge is 2.28. The van der Waals surface area contributed by atoms with Gasteiger partial charge in [0.2, 0.25) is 0 Å². The molecule has 0 saturated carbocycles. The highest BCUT2D eigenvalue weighted by Crippen LogP contribution is 2.34. The van der Waals surface area contributed by atoms with Gasteiger partial charge in [0.15, 0.2) is 6.61 Å². The number of piperidine rings is 1. The van der Waals surface area contributed by atoms with Gasteiger partial charge in [0.05, 0.1) is 12.2 Å². The van der Waals surface area contributed by atoms with Crippen molar-refractivity contribution in [1.82, 2.24) is 4.90 Å². The Morgan fingerprint density at radius 1 is 1.11 bits per heavy atom. The summed E-state index contributed by atoms with van der Waals surface area (Å²) in [6.07, 6.45) is 2.08. The molecule has 0 aromatic heterocycles. The van der Waals surface area contributed by atoms with Gasteiger partial charge in [-0.2, -0.15) is 0 Å². The third-order valence-corrected chi connectivity index (χ3v) is 5.40. The summed E-state index contributed by atoms with van der Waals surface area (Å²) in [5.41, 5.74) is 2.33. The van der Waals surface area contributed by atoms with Gasteiger partial charge < -0.3 is 14.5 Å². The van der Waals surface area contributed by atoms with E-state index in [0.29, 0.717) is 29.5 Å². The summed E-state index contributed by atoms with van der Waals surface area (Å²) in [5.74, 6) is 1.25. The number of benzene rings is 2. The van der Waals surface area contributed by atoms with E-state index in [1.54, 1.807) is 23.1 Å².